The smallest absolute Gasteiger partial charge is 0.0312 e. The van der Waals surface area contributed by atoms with Gasteiger partial charge in [-0.25, -0.2) is 0 Å². The van der Waals surface area contributed by atoms with Crippen LogP contribution in [0.2, 0.25) is 0 Å². The van der Waals surface area contributed by atoms with Gasteiger partial charge in [-0.3, -0.25) is 0 Å². The van der Waals surface area contributed by atoms with Crippen LogP contribution in [-0.2, 0) is 0 Å². The summed E-state index contributed by atoms with van der Waals surface area (Å²) in [4.78, 5) is 0. The monoisotopic (exact) mass is 97.1 g/mol. The van der Waals surface area contributed by atoms with Crippen molar-refractivity contribution in [2.45, 2.75) is 25.3 Å². The highest BCUT2D eigenvalue weighted by molar-refractivity contribution is 5.11. The fourth-order valence-corrected chi connectivity index (χ4v) is 1.69. The minimum absolute atomic E-state index is 0.694. The van der Waals surface area contributed by atoms with E-state index in [0.29, 0.717) is 5.54 Å². The fraction of sp³-hybridized carbons (Fsp3) is 1.00. The molecule has 0 amide bonds. The Labute approximate surface area is 44.1 Å². The van der Waals surface area contributed by atoms with E-state index in [0.717, 1.165) is 5.92 Å². The number of rotatable bonds is 0. The summed E-state index contributed by atoms with van der Waals surface area (Å²) in [5.74, 6) is 1.01. The molecule has 1 spiro atoms. The van der Waals surface area contributed by atoms with Crippen LogP contribution in [0.3, 0.4) is 0 Å². The molecule has 1 nitrogen and oxygen atoms in total. The Bertz CT molecular complexity index is 86.4. The summed E-state index contributed by atoms with van der Waals surface area (Å²) < 4.78 is 0. The quantitative estimate of drug-likeness (QED) is 0.443. The average molecular weight is 97.2 g/mol. The van der Waals surface area contributed by atoms with Crippen molar-refractivity contribution >= 4 is 0 Å². The summed E-state index contributed by atoms with van der Waals surface area (Å²) in [6, 6.07) is 0. The lowest BCUT2D eigenvalue weighted by Gasteiger charge is -2.30. The number of hydrogen-bond donors (Lipinski definition) is 1. The normalized spacial score (nSPS) is 57.0. The van der Waals surface area contributed by atoms with Crippen molar-refractivity contribution in [3.63, 3.8) is 0 Å². The first-order valence-electron chi connectivity index (χ1n) is 3.06. The molecule has 1 saturated heterocycles. The van der Waals surface area contributed by atoms with E-state index in [1.807, 2.05) is 0 Å². The third-order valence-corrected chi connectivity index (χ3v) is 2.16. The second kappa shape index (κ2) is 0.873. The van der Waals surface area contributed by atoms with Crippen LogP contribution < -0.4 is 5.32 Å². The third-order valence-electron chi connectivity index (χ3n) is 2.16. The summed E-state index contributed by atoms with van der Waals surface area (Å²) in [6.07, 6.45) is 2.88. The molecule has 0 aromatic heterocycles. The van der Waals surface area contributed by atoms with E-state index < -0.39 is 0 Å². The molecule has 0 radical (unpaired) electrons. The minimum atomic E-state index is 0.694. The van der Waals surface area contributed by atoms with Crippen molar-refractivity contribution in [1.82, 2.24) is 5.32 Å². The van der Waals surface area contributed by atoms with Crippen molar-refractivity contribution in [1.29, 1.82) is 0 Å². The van der Waals surface area contributed by atoms with E-state index >= 15 is 0 Å². The zero-order valence-electron chi connectivity index (χ0n) is 4.70. The van der Waals surface area contributed by atoms with Crippen molar-refractivity contribution in [3.8, 4) is 0 Å². The molecule has 0 bridgehead atoms. The molecule has 0 atom stereocenters. The summed E-state index contributed by atoms with van der Waals surface area (Å²) in [5, 5.41) is 3.38. The molecular weight excluding hydrogens is 86.1 g/mol. The minimum Gasteiger partial charge on any atom is -0.308 e. The second-order valence-corrected chi connectivity index (χ2v) is 3.15. The predicted molar refractivity (Wildman–Crippen MR) is 29.1 cm³/mol. The summed E-state index contributed by atoms with van der Waals surface area (Å²) in [6.45, 7) is 3.63. The molecule has 1 saturated carbocycles. The van der Waals surface area contributed by atoms with Crippen molar-refractivity contribution < 1.29 is 0 Å². The van der Waals surface area contributed by atoms with Gasteiger partial charge in [0, 0.05) is 12.1 Å². The van der Waals surface area contributed by atoms with Crippen LogP contribution in [0.1, 0.15) is 19.8 Å². The first-order valence-corrected chi connectivity index (χ1v) is 3.06. The molecule has 2 aliphatic rings. The Kier molecular flexibility index (Phi) is 0.487. The Morgan fingerprint density at radius 1 is 1.57 bits per heavy atom. The maximum atomic E-state index is 3.38. The van der Waals surface area contributed by atoms with Crippen LogP contribution in [0.25, 0.3) is 0 Å². The van der Waals surface area contributed by atoms with E-state index in [9.17, 15) is 0 Å². The van der Waals surface area contributed by atoms with Crippen molar-refractivity contribution in [3.05, 3.63) is 0 Å². The van der Waals surface area contributed by atoms with Gasteiger partial charge in [0.05, 0.1) is 0 Å². The third kappa shape index (κ3) is 0.418. The highest BCUT2D eigenvalue weighted by Crippen LogP contribution is 2.43. The first kappa shape index (κ1) is 3.90. The molecule has 2 fully saturated rings. The summed E-state index contributed by atoms with van der Waals surface area (Å²) in [7, 11) is 0. The topological polar surface area (TPSA) is 21.9 Å². The maximum absolute atomic E-state index is 3.38. The van der Waals surface area contributed by atoms with E-state index in [4.69, 9.17) is 0 Å². The molecule has 7 heavy (non-hydrogen) atoms. The van der Waals surface area contributed by atoms with E-state index in [2.05, 4.69) is 12.2 Å². The predicted octanol–water partition coefficient (Wildman–Crippen LogP) is 0.758. The van der Waals surface area contributed by atoms with Gasteiger partial charge in [-0.1, -0.05) is 6.92 Å². The van der Waals surface area contributed by atoms with Gasteiger partial charge in [-0.15, -0.1) is 0 Å². The molecule has 2 rings (SSSR count). The van der Waals surface area contributed by atoms with Crippen LogP contribution in [0.4, 0.5) is 0 Å². The Hall–Kier alpha value is -0.0400. The fourth-order valence-electron chi connectivity index (χ4n) is 1.69. The molecule has 40 valence electrons. The van der Waals surface area contributed by atoms with Crippen molar-refractivity contribution in [2.24, 2.45) is 5.92 Å². The highest BCUT2D eigenvalue weighted by atomic mass is 15.2. The SMILES string of the molecule is CC1CC2(CN2)C1. The Morgan fingerprint density at radius 2 is 2.14 bits per heavy atom. The Morgan fingerprint density at radius 3 is 2.29 bits per heavy atom. The van der Waals surface area contributed by atoms with E-state index in [1.54, 1.807) is 0 Å². The van der Waals surface area contributed by atoms with Crippen LogP contribution in [0.15, 0.2) is 0 Å². The molecule has 1 heteroatoms. The van der Waals surface area contributed by atoms with Crippen molar-refractivity contribution in [2.75, 3.05) is 6.54 Å². The molecule has 1 aliphatic heterocycles. The van der Waals surface area contributed by atoms with Gasteiger partial charge in [0.25, 0.3) is 0 Å². The molecule has 1 heterocycles. The molecule has 0 unspecified atom stereocenters. The van der Waals surface area contributed by atoms with Crippen LogP contribution in [-0.4, -0.2) is 12.1 Å². The first-order chi connectivity index (χ1) is 3.31. The lowest BCUT2D eigenvalue weighted by molar-refractivity contribution is 0.259. The summed E-state index contributed by atoms with van der Waals surface area (Å²) >= 11 is 0. The van der Waals surface area contributed by atoms with Gasteiger partial charge in [-0.05, 0) is 18.8 Å². The van der Waals surface area contributed by atoms with Gasteiger partial charge >= 0.3 is 0 Å². The lowest BCUT2D eigenvalue weighted by atomic mass is 9.76. The van der Waals surface area contributed by atoms with Crippen LogP contribution >= 0.6 is 0 Å². The molecule has 0 aromatic rings. The second-order valence-electron chi connectivity index (χ2n) is 3.15. The average Bonchev–Trinajstić information content (AvgIpc) is 2.14. The van der Waals surface area contributed by atoms with Gasteiger partial charge < -0.3 is 5.32 Å². The van der Waals surface area contributed by atoms with Gasteiger partial charge in [-0.2, -0.15) is 0 Å². The van der Waals surface area contributed by atoms with Crippen LogP contribution in [0.5, 0.6) is 0 Å². The number of nitrogens with one attached hydrogen (secondary N) is 1. The van der Waals surface area contributed by atoms with Crippen LogP contribution in [0, 0.1) is 5.92 Å². The highest BCUT2D eigenvalue weighted by Gasteiger charge is 2.50. The zero-order chi connectivity index (χ0) is 4.91. The van der Waals surface area contributed by atoms with Gasteiger partial charge in [0.15, 0.2) is 0 Å². The molecule has 0 aromatic carbocycles. The summed E-state index contributed by atoms with van der Waals surface area (Å²) in [5.41, 5.74) is 0.694. The number of hydrogen-bond acceptors (Lipinski definition) is 1. The van der Waals surface area contributed by atoms with E-state index in [1.165, 1.54) is 19.4 Å². The van der Waals surface area contributed by atoms with Gasteiger partial charge in [0.1, 0.15) is 0 Å². The molecular formula is C6H11N. The zero-order valence-corrected chi connectivity index (χ0v) is 4.70. The van der Waals surface area contributed by atoms with Gasteiger partial charge in [0.2, 0.25) is 0 Å². The van der Waals surface area contributed by atoms with E-state index in [-0.39, 0.29) is 0 Å². The molecule has 1 N–H and O–H groups in total. The standard InChI is InChI=1S/C6H11N/c1-5-2-6(3-5)4-7-6/h5,7H,2-4H2,1H3. The Balaban J connectivity index is 1.97. The largest absolute Gasteiger partial charge is 0.308 e. The molecule has 1 aliphatic carbocycles. The maximum Gasteiger partial charge on any atom is 0.0312 e. The lowest BCUT2D eigenvalue weighted by Crippen LogP contribution is -2.32.